The van der Waals surface area contributed by atoms with Crippen LogP contribution in [0.5, 0.6) is 0 Å². The topological polar surface area (TPSA) is 134 Å². The average molecular weight is 535 g/mol. The van der Waals surface area contributed by atoms with Crippen molar-refractivity contribution in [2.75, 3.05) is 18.5 Å². The number of nitriles is 1. The molecule has 0 radical (unpaired) electrons. The van der Waals surface area contributed by atoms with E-state index in [1.54, 1.807) is 48.0 Å². The van der Waals surface area contributed by atoms with Gasteiger partial charge in [-0.15, -0.1) is 11.3 Å². The van der Waals surface area contributed by atoms with E-state index in [-0.39, 0.29) is 16.5 Å². The predicted molar refractivity (Wildman–Crippen MR) is 140 cm³/mol. The molecule has 1 aliphatic rings. The molecule has 1 saturated heterocycles. The summed E-state index contributed by atoms with van der Waals surface area (Å²) in [6.07, 6.45) is 2.65. The van der Waals surface area contributed by atoms with Crippen LogP contribution in [0.3, 0.4) is 0 Å². The van der Waals surface area contributed by atoms with Gasteiger partial charge in [-0.1, -0.05) is 0 Å². The van der Waals surface area contributed by atoms with Crippen molar-refractivity contribution in [1.82, 2.24) is 9.71 Å². The molecular formula is C26H22N4O5S2. The lowest BCUT2D eigenvalue weighted by Gasteiger charge is -2.22. The van der Waals surface area contributed by atoms with Gasteiger partial charge in [-0.3, -0.25) is 4.79 Å². The summed E-state index contributed by atoms with van der Waals surface area (Å²) in [5.41, 5.74) is 3.66. The van der Waals surface area contributed by atoms with Gasteiger partial charge in [0, 0.05) is 36.6 Å². The molecular weight excluding hydrogens is 512 g/mol. The van der Waals surface area contributed by atoms with E-state index in [4.69, 9.17) is 9.15 Å². The van der Waals surface area contributed by atoms with Crippen LogP contribution in [0.15, 0.2) is 75.0 Å². The quantitative estimate of drug-likeness (QED) is 0.262. The molecule has 11 heteroatoms. The van der Waals surface area contributed by atoms with Crippen molar-refractivity contribution in [2.45, 2.75) is 23.8 Å². The highest BCUT2D eigenvalue weighted by atomic mass is 32.2. The number of benzene rings is 2. The Kier molecular flexibility index (Phi) is 7.16. The molecule has 0 atom stereocenters. The van der Waals surface area contributed by atoms with E-state index >= 15 is 0 Å². The molecule has 2 aromatic carbocycles. The smallest absolute Gasteiger partial charge is 0.266 e. The van der Waals surface area contributed by atoms with Crippen molar-refractivity contribution in [3.63, 3.8) is 0 Å². The normalized spacial score (nSPS) is 14.9. The summed E-state index contributed by atoms with van der Waals surface area (Å²) in [6, 6.07) is 16.8. The van der Waals surface area contributed by atoms with E-state index < -0.39 is 15.9 Å². The van der Waals surface area contributed by atoms with Crippen LogP contribution >= 0.6 is 11.3 Å². The number of anilines is 1. The zero-order valence-corrected chi connectivity index (χ0v) is 21.1. The fourth-order valence-electron chi connectivity index (χ4n) is 3.91. The summed E-state index contributed by atoms with van der Waals surface area (Å²) < 4.78 is 40.1. The molecule has 2 aromatic heterocycles. The molecule has 3 heterocycles. The molecule has 4 aromatic rings. The maximum atomic E-state index is 12.7. The van der Waals surface area contributed by atoms with Crippen molar-refractivity contribution in [3.8, 4) is 17.4 Å². The third-order valence-corrected chi connectivity index (χ3v) is 8.19. The van der Waals surface area contributed by atoms with Gasteiger partial charge in [-0.2, -0.15) is 5.26 Å². The van der Waals surface area contributed by atoms with E-state index in [1.807, 2.05) is 6.07 Å². The largest absolute Gasteiger partial charge is 0.457 e. The number of nitrogens with one attached hydrogen (secondary N) is 2. The van der Waals surface area contributed by atoms with Crippen LogP contribution in [-0.4, -0.2) is 38.6 Å². The van der Waals surface area contributed by atoms with Gasteiger partial charge in [-0.05, 0) is 67.4 Å². The third kappa shape index (κ3) is 5.79. The standard InChI is InChI=1S/C26H22N4O5S2/c27-15-18(26(31)29-20-3-7-23-25(14-20)36-16-28-23)13-21-4-8-24(35-21)17-1-5-22(6-2-17)37(32,33)30-19-9-11-34-12-10-19/h1-8,13-14,16,19,30H,9-12H2,(H,29,31)/b18-13+. The lowest BCUT2D eigenvalue weighted by Crippen LogP contribution is -2.38. The Morgan fingerprint density at radius 3 is 2.65 bits per heavy atom. The van der Waals surface area contributed by atoms with Gasteiger partial charge in [0.2, 0.25) is 10.0 Å². The number of aromatic nitrogens is 1. The van der Waals surface area contributed by atoms with Gasteiger partial charge in [0.1, 0.15) is 23.2 Å². The maximum absolute atomic E-state index is 12.7. The molecule has 0 bridgehead atoms. The first-order chi connectivity index (χ1) is 17.9. The van der Waals surface area contributed by atoms with Crippen LogP contribution in [0.4, 0.5) is 5.69 Å². The molecule has 0 aliphatic carbocycles. The van der Waals surface area contributed by atoms with Crippen molar-refractivity contribution < 1.29 is 22.4 Å². The Balaban J connectivity index is 1.28. The van der Waals surface area contributed by atoms with Crippen molar-refractivity contribution in [3.05, 3.63) is 71.4 Å². The Morgan fingerprint density at radius 2 is 1.89 bits per heavy atom. The van der Waals surface area contributed by atoms with E-state index in [9.17, 15) is 18.5 Å². The lowest BCUT2D eigenvalue weighted by molar-refractivity contribution is -0.112. The number of ether oxygens (including phenoxy) is 1. The highest BCUT2D eigenvalue weighted by molar-refractivity contribution is 7.89. The van der Waals surface area contributed by atoms with Crippen molar-refractivity contribution >= 4 is 49.2 Å². The third-order valence-electron chi connectivity index (χ3n) is 5.86. The first-order valence-corrected chi connectivity index (χ1v) is 13.8. The number of rotatable bonds is 7. The number of hydrogen-bond donors (Lipinski definition) is 2. The fraction of sp³-hybridized carbons (Fsp3) is 0.192. The molecule has 0 saturated carbocycles. The van der Waals surface area contributed by atoms with Crippen LogP contribution in [-0.2, 0) is 19.6 Å². The minimum Gasteiger partial charge on any atom is -0.457 e. The van der Waals surface area contributed by atoms with Crippen LogP contribution in [0.2, 0.25) is 0 Å². The molecule has 0 unspecified atom stereocenters. The summed E-state index contributed by atoms with van der Waals surface area (Å²) in [4.78, 5) is 17.0. The minimum absolute atomic E-state index is 0.120. The van der Waals surface area contributed by atoms with Gasteiger partial charge in [-0.25, -0.2) is 18.1 Å². The van der Waals surface area contributed by atoms with E-state index in [2.05, 4.69) is 15.0 Å². The lowest BCUT2D eigenvalue weighted by atomic mass is 10.1. The zero-order chi connectivity index (χ0) is 25.8. The fourth-order valence-corrected chi connectivity index (χ4v) is 5.93. The van der Waals surface area contributed by atoms with Crippen molar-refractivity contribution in [2.24, 2.45) is 0 Å². The van der Waals surface area contributed by atoms with Gasteiger partial charge in [0.15, 0.2) is 0 Å². The van der Waals surface area contributed by atoms with E-state index in [1.165, 1.54) is 29.5 Å². The second-order valence-corrected chi connectivity index (χ2v) is 11.0. The summed E-state index contributed by atoms with van der Waals surface area (Å²) >= 11 is 1.46. The highest BCUT2D eigenvalue weighted by Gasteiger charge is 2.22. The minimum atomic E-state index is -3.65. The van der Waals surface area contributed by atoms with Crippen LogP contribution < -0.4 is 10.0 Å². The van der Waals surface area contributed by atoms with Gasteiger partial charge in [0.05, 0.1) is 20.6 Å². The Morgan fingerprint density at radius 1 is 1.11 bits per heavy atom. The number of fused-ring (bicyclic) bond motifs is 1. The number of carbonyl (C=O) groups excluding carboxylic acids is 1. The van der Waals surface area contributed by atoms with Gasteiger partial charge in [0.25, 0.3) is 5.91 Å². The molecule has 5 rings (SSSR count). The Hall–Kier alpha value is -3.82. The molecule has 9 nitrogen and oxygen atoms in total. The number of thiazole rings is 1. The highest BCUT2D eigenvalue weighted by Crippen LogP contribution is 2.26. The zero-order valence-electron chi connectivity index (χ0n) is 19.5. The van der Waals surface area contributed by atoms with E-state index in [0.717, 1.165) is 10.2 Å². The number of sulfonamides is 1. The predicted octanol–water partition coefficient (Wildman–Crippen LogP) is 4.56. The molecule has 37 heavy (non-hydrogen) atoms. The molecule has 2 N–H and O–H groups in total. The summed E-state index contributed by atoms with van der Waals surface area (Å²) in [7, 11) is -3.65. The summed E-state index contributed by atoms with van der Waals surface area (Å²) in [6.45, 7) is 1.08. The second kappa shape index (κ2) is 10.7. The molecule has 0 spiro atoms. The number of furan rings is 1. The second-order valence-electron chi connectivity index (χ2n) is 8.39. The molecule has 188 valence electrons. The number of carbonyl (C=O) groups is 1. The average Bonchev–Trinajstić information content (AvgIpc) is 3.57. The molecule has 1 amide bonds. The monoisotopic (exact) mass is 534 g/mol. The number of amides is 1. The Bertz CT molecular complexity index is 1610. The summed E-state index contributed by atoms with van der Waals surface area (Å²) in [5, 5.41) is 12.2. The first-order valence-electron chi connectivity index (χ1n) is 11.5. The molecule has 1 fully saturated rings. The number of nitrogens with zero attached hydrogens (tertiary/aromatic N) is 2. The van der Waals surface area contributed by atoms with Gasteiger partial charge < -0.3 is 14.5 Å². The first kappa shape index (κ1) is 24.9. The van der Waals surface area contributed by atoms with Crippen LogP contribution in [0, 0.1) is 11.3 Å². The Labute approximate surface area is 217 Å². The van der Waals surface area contributed by atoms with Crippen molar-refractivity contribution in [1.29, 1.82) is 5.26 Å². The van der Waals surface area contributed by atoms with Gasteiger partial charge >= 0.3 is 0 Å². The number of hydrogen-bond acceptors (Lipinski definition) is 8. The van der Waals surface area contributed by atoms with Crippen LogP contribution in [0.25, 0.3) is 27.6 Å². The maximum Gasteiger partial charge on any atom is 0.266 e. The van der Waals surface area contributed by atoms with Crippen LogP contribution in [0.1, 0.15) is 18.6 Å². The molecule has 1 aliphatic heterocycles. The van der Waals surface area contributed by atoms with E-state index in [0.29, 0.717) is 48.8 Å². The SMILES string of the molecule is N#C/C(=C\c1ccc(-c2ccc(S(=O)(=O)NC3CCOCC3)cc2)o1)C(=O)Nc1ccc2ncsc2c1. The summed E-state index contributed by atoms with van der Waals surface area (Å²) in [5.74, 6) is 0.231.